The molecule has 0 bridgehead atoms. The number of aromatic nitrogens is 1. The van der Waals surface area contributed by atoms with Crippen LogP contribution in [-0.2, 0) is 0 Å². The van der Waals surface area contributed by atoms with E-state index >= 15 is 0 Å². The molecule has 2 aromatic rings. The molecule has 1 heterocycles. The molecule has 1 N–H and O–H groups in total. The van der Waals surface area contributed by atoms with Crippen molar-refractivity contribution in [1.29, 1.82) is 0 Å². The number of nitrogens with one attached hydrogen (secondary N) is 1. The lowest BCUT2D eigenvalue weighted by atomic mass is 10.3. The molecule has 0 aliphatic rings. The van der Waals surface area contributed by atoms with Crippen LogP contribution in [0.3, 0.4) is 0 Å². The predicted octanol–water partition coefficient (Wildman–Crippen LogP) is 3.64. The SMILES string of the molecule is O=[N+]([O-])c1cc(Br)cnc1Nc1cccc(F)c1. The van der Waals surface area contributed by atoms with Crippen LogP contribution in [0.25, 0.3) is 0 Å². The molecule has 0 spiro atoms. The lowest BCUT2D eigenvalue weighted by molar-refractivity contribution is -0.384. The minimum Gasteiger partial charge on any atom is -0.334 e. The van der Waals surface area contributed by atoms with E-state index in [0.717, 1.165) is 0 Å². The highest BCUT2D eigenvalue weighted by atomic mass is 79.9. The van der Waals surface area contributed by atoms with Crippen molar-refractivity contribution >= 4 is 33.1 Å². The molecule has 7 heteroatoms. The van der Waals surface area contributed by atoms with Gasteiger partial charge < -0.3 is 5.32 Å². The Balaban J connectivity index is 2.37. The molecule has 0 saturated heterocycles. The minimum absolute atomic E-state index is 0.0637. The van der Waals surface area contributed by atoms with Gasteiger partial charge in [0.05, 0.1) is 4.92 Å². The van der Waals surface area contributed by atoms with Gasteiger partial charge in [0.1, 0.15) is 5.82 Å². The van der Waals surface area contributed by atoms with Crippen molar-refractivity contribution in [3.63, 3.8) is 0 Å². The van der Waals surface area contributed by atoms with Crippen molar-refractivity contribution in [3.05, 3.63) is 56.9 Å². The van der Waals surface area contributed by atoms with Crippen molar-refractivity contribution in [2.45, 2.75) is 0 Å². The average molecular weight is 312 g/mol. The zero-order valence-corrected chi connectivity index (χ0v) is 10.5. The van der Waals surface area contributed by atoms with E-state index in [-0.39, 0.29) is 11.5 Å². The maximum Gasteiger partial charge on any atom is 0.312 e. The molecule has 0 saturated carbocycles. The van der Waals surface area contributed by atoms with E-state index in [4.69, 9.17) is 0 Å². The number of rotatable bonds is 3. The highest BCUT2D eigenvalue weighted by Crippen LogP contribution is 2.28. The molecule has 1 aromatic heterocycles. The minimum atomic E-state index is -0.556. The number of nitro groups is 1. The molecule has 0 atom stereocenters. The fraction of sp³-hybridized carbons (Fsp3) is 0. The maximum atomic E-state index is 13.0. The first kappa shape index (κ1) is 12.4. The van der Waals surface area contributed by atoms with Gasteiger partial charge in [-0.05, 0) is 34.1 Å². The number of halogens is 2. The Morgan fingerprint density at radius 1 is 1.39 bits per heavy atom. The Morgan fingerprint density at radius 2 is 2.17 bits per heavy atom. The fourth-order valence-electron chi connectivity index (χ4n) is 1.37. The maximum absolute atomic E-state index is 13.0. The van der Waals surface area contributed by atoms with Crippen LogP contribution in [0.2, 0.25) is 0 Å². The van der Waals surface area contributed by atoms with Crippen LogP contribution < -0.4 is 5.32 Å². The summed E-state index contributed by atoms with van der Waals surface area (Å²) in [6.07, 6.45) is 1.43. The van der Waals surface area contributed by atoms with Crippen LogP contribution in [-0.4, -0.2) is 9.91 Å². The zero-order valence-electron chi connectivity index (χ0n) is 8.93. The molecule has 18 heavy (non-hydrogen) atoms. The Labute approximate surface area is 110 Å². The lowest BCUT2D eigenvalue weighted by Crippen LogP contribution is -1.99. The second-order valence-corrected chi connectivity index (χ2v) is 4.33. The summed E-state index contributed by atoms with van der Waals surface area (Å²) in [5, 5.41) is 13.6. The van der Waals surface area contributed by atoms with Gasteiger partial charge in [-0.3, -0.25) is 10.1 Å². The van der Waals surface area contributed by atoms with Gasteiger partial charge in [-0.2, -0.15) is 0 Å². The number of hydrogen-bond donors (Lipinski definition) is 1. The molecule has 92 valence electrons. The summed E-state index contributed by atoms with van der Waals surface area (Å²) in [6, 6.07) is 6.94. The Kier molecular flexibility index (Phi) is 3.52. The van der Waals surface area contributed by atoms with Gasteiger partial charge in [0.2, 0.25) is 5.82 Å². The third kappa shape index (κ3) is 2.80. The molecule has 0 aliphatic heterocycles. The summed E-state index contributed by atoms with van der Waals surface area (Å²) in [5.41, 5.74) is 0.210. The predicted molar refractivity (Wildman–Crippen MR) is 68.3 cm³/mol. The summed E-state index contributed by atoms with van der Waals surface area (Å²) in [7, 11) is 0. The van der Waals surface area contributed by atoms with E-state index in [9.17, 15) is 14.5 Å². The normalized spacial score (nSPS) is 10.1. The van der Waals surface area contributed by atoms with E-state index in [1.165, 1.54) is 30.5 Å². The number of benzene rings is 1. The molecule has 0 fully saturated rings. The topological polar surface area (TPSA) is 68.1 Å². The lowest BCUT2D eigenvalue weighted by Gasteiger charge is -2.06. The van der Waals surface area contributed by atoms with Crippen molar-refractivity contribution in [2.24, 2.45) is 0 Å². The van der Waals surface area contributed by atoms with Gasteiger partial charge in [0.25, 0.3) is 0 Å². The molecule has 0 radical (unpaired) electrons. The zero-order chi connectivity index (χ0) is 13.1. The standard InChI is InChI=1S/C11H7BrFN3O2/c12-7-4-10(16(17)18)11(14-6-7)15-9-3-1-2-8(13)5-9/h1-6H,(H,14,15). The van der Waals surface area contributed by atoms with E-state index < -0.39 is 10.7 Å². The monoisotopic (exact) mass is 311 g/mol. The van der Waals surface area contributed by atoms with E-state index in [1.807, 2.05) is 0 Å². The third-order valence-corrected chi connectivity index (χ3v) is 2.55. The molecule has 1 aromatic carbocycles. The van der Waals surface area contributed by atoms with Crippen molar-refractivity contribution in [1.82, 2.24) is 4.98 Å². The molecule has 5 nitrogen and oxygen atoms in total. The van der Waals surface area contributed by atoms with Gasteiger partial charge >= 0.3 is 5.69 Å². The first-order chi connectivity index (χ1) is 8.56. The van der Waals surface area contributed by atoms with Crippen LogP contribution in [0.1, 0.15) is 0 Å². The van der Waals surface area contributed by atoms with E-state index in [0.29, 0.717) is 10.2 Å². The number of pyridine rings is 1. The van der Waals surface area contributed by atoms with Gasteiger partial charge in [-0.25, -0.2) is 9.37 Å². The smallest absolute Gasteiger partial charge is 0.312 e. The molecular formula is C11H7BrFN3O2. The Morgan fingerprint density at radius 3 is 2.83 bits per heavy atom. The molecule has 0 amide bonds. The molecule has 2 rings (SSSR count). The summed E-state index contributed by atoms with van der Waals surface area (Å²) >= 11 is 3.11. The van der Waals surface area contributed by atoms with E-state index in [2.05, 4.69) is 26.2 Å². The van der Waals surface area contributed by atoms with Gasteiger partial charge in [-0.1, -0.05) is 6.07 Å². The largest absolute Gasteiger partial charge is 0.334 e. The summed E-state index contributed by atoms with van der Waals surface area (Å²) in [5.74, 6) is -0.367. The van der Waals surface area contributed by atoms with Crippen molar-refractivity contribution in [2.75, 3.05) is 5.32 Å². The second-order valence-electron chi connectivity index (χ2n) is 3.41. The quantitative estimate of drug-likeness (QED) is 0.694. The third-order valence-electron chi connectivity index (χ3n) is 2.12. The van der Waals surface area contributed by atoms with Crippen molar-refractivity contribution < 1.29 is 9.31 Å². The van der Waals surface area contributed by atoms with Gasteiger partial charge in [0.15, 0.2) is 0 Å². The average Bonchev–Trinajstić information content (AvgIpc) is 2.31. The van der Waals surface area contributed by atoms with Crippen LogP contribution in [0.15, 0.2) is 41.0 Å². The Bertz CT molecular complexity index is 607. The first-order valence-electron chi connectivity index (χ1n) is 4.89. The number of nitrogens with zero attached hydrogens (tertiary/aromatic N) is 2. The first-order valence-corrected chi connectivity index (χ1v) is 5.68. The number of hydrogen-bond acceptors (Lipinski definition) is 4. The van der Waals surface area contributed by atoms with Gasteiger partial charge in [-0.15, -0.1) is 0 Å². The fourth-order valence-corrected chi connectivity index (χ4v) is 1.69. The summed E-state index contributed by atoms with van der Waals surface area (Å²) in [6.45, 7) is 0. The van der Waals surface area contributed by atoms with Crippen LogP contribution in [0.5, 0.6) is 0 Å². The number of anilines is 2. The second kappa shape index (κ2) is 5.09. The highest BCUT2D eigenvalue weighted by Gasteiger charge is 2.16. The van der Waals surface area contributed by atoms with Gasteiger partial charge in [0, 0.05) is 22.4 Å². The van der Waals surface area contributed by atoms with Crippen LogP contribution >= 0.6 is 15.9 Å². The molecule has 0 unspecified atom stereocenters. The summed E-state index contributed by atoms with van der Waals surface area (Å²) in [4.78, 5) is 14.2. The Hall–Kier alpha value is -2.02. The van der Waals surface area contributed by atoms with Crippen LogP contribution in [0.4, 0.5) is 21.6 Å². The summed E-state index contributed by atoms with van der Waals surface area (Å²) < 4.78 is 13.5. The molecule has 0 aliphatic carbocycles. The van der Waals surface area contributed by atoms with Crippen LogP contribution in [0, 0.1) is 15.9 Å². The van der Waals surface area contributed by atoms with Crippen molar-refractivity contribution in [3.8, 4) is 0 Å². The molecular weight excluding hydrogens is 305 g/mol. The van der Waals surface area contributed by atoms with E-state index in [1.54, 1.807) is 6.07 Å². The highest BCUT2D eigenvalue weighted by molar-refractivity contribution is 9.10.